The van der Waals surface area contributed by atoms with Gasteiger partial charge in [0.1, 0.15) is 0 Å². The van der Waals surface area contributed by atoms with Crippen LogP contribution < -0.4 is 4.90 Å². The molecule has 0 spiro atoms. The van der Waals surface area contributed by atoms with Crippen molar-refractivity contribution in [1.29, 1.82) is 0 Å². The van der Waals surface area contributed by atoms with Gasteiger partial charge in [-0.05, 0) is 37.3 Å². The van der Waals surface area contributed by atoms with Gasteiger partial charge >= 0.3 is 0 Å². The van der Waals surface area contributed by atoms with Gasteiger partial charge in [0.2, 0.25) is 12.3 Å². The summed E-state index contributed by atoms with van der Waals surface area (Å²) in [6, 6.07) is 14.6. The zero-order chi connectivity index (χ0) is 15.7. The Hall–Kier alpha value is -2.33. The van der Waals surface area contributed by atoms with Crippen LogP contribution in [0.3, 0.4) is 0 Å². The maximum absolute atomic E-state index is 12.5. The number of benzodiazepines with no additional fused rings is 1. The molecule has 2 aromatic rings. The molecule has 4 nitrogen and oxygen atoms in total. The van der Waals surface area contributed by atoms with E-state index in [4.69, 9.17) is 11.6 Å². The Morgan fingerprint density at radius 1 is 1.23 bits per heavy atom. The van der Waals surface area contributed by atoms with Gasteiger partial charge < -0.3 is 10.1 Å². The van der Waals surface area contributed by atoms with Crippen molar-refractivity contribution in [2.24, 2.45) is 0 Å². The SMILES string of the molecule is CCN1C(=O)C[N+]([O-])=C(c2ccccc2)c2cc(Cl)ccc21. The molecule has 0 unspecified atom stereocenters. The van der Waals surface area contributed by atoms with E-state index in [2.05, 4.69) is 0 Å². The van der Waals surface area contributed by atoms with Gasteiger partial charge in [0.05, 0.1) is 11.3 Å². The van der Waals surface area contributed by atoms with Gasteiger partial charge in [0.25, 0.3) is 5.91 Å². The second-order valence-electron chi connectivity index (χ2n) is 5.05. The lowest BCUT2D eigenvalue weighted by atomic mass is 10.00. The summed E-state index contributed by atoms with van der Waals surface area (Å²) in [4.78, 5) is 13.9. The Kier molecular flexibility index (Phi) is 3.86. The van der Waals surface area contributed by atoms with E-state index in [9.17, 15) is 10.0 Å². The molecular formula is C17H15ClN2O2. The number of fused-ring (bicyclic) bond motifs is 1. The summed E-state index contributed by atoms with van der Waals surface area (Å²) in [5.74, 6) is -0.216. The predicted octanol–water partition coefficient (Wildman–Crippen LogP) is 3.05. The molecule has 0 radical (unpaired) electrons. The summed E-state index contributed by atoms with van der Waals surface area (Å²) >= 11 is 6.12. The van der Waals surface area contributed by atoms with E-state index in [1.54, 1.807) is 23.1 Å². The van der Waals surface area contributed by atoms with E-state index in [-0.39, 0.29) is 12.5 Å². The van der Waals surface area contributed by atoms with Crippen LogP contribution >= 0.6 is 11.6 Å². The molecule has 2 aromatic carbocycles. The maximum atomic E-state index is 12.5. The molecule has 1 heterocycles. The van der Waals surface area contributed by atoms with Crippen LogP contribution in [0.25, 0.3) is 0 Å². The van der Waals surface area contributed by atoms with E-state index in [0.717, 1.165) is 10.3 Å². The number of anilines is 1. The Morgan fingerprint density at radius 2 is 1.95 bits per heavy atom. The number of halogens is 1. The van der Waals surface area contributed by atoms with Crippen molar-refractivity contribution in [2.45, 2.75) is 6.92 Å². The summed E-state index contributed by atoms with van der Waals surface area (Å²) in [6.45, 7) is 2.19. The van der Waals surface area contributed by atoms with Crippen molar-refractivity contribution in [2.75, 3.05) is 18.0 Å². The van der Waals surface area contributed by atoms with Gasteiger partial charge in [0, 0.05) is 17.1 Å². The third-order valence-corrected chi connectivity index (χ3v) is 3.93. The van der Waals surface area contributed by atoms with Crippen LogP contribution in [0.2, 0.25) is 5.02 Å². The van der Waals surface area contributed by atoms with Gasteiger partial charge in [-0.3, -0.25) is 4.79 Å². The standard InChI is InChI=1S/C17H15ClN2O2/c1-2-19-15-9-8-13(18)10-14(15)17(20(22)11-16(19)21)12-6-4-3-5-7-12/h3-10H,2,11H2,1H3. The predicted molar refractivity (Wildman–Crippen MR) is 87.6 cm³/mol. The average molecular weight is 315 g/mol. The van der Waals surface area contributed by atoms with Crippen molar-refractivity contribution in [3.63, 3.8) is 0 Å². The summed E-state index contributed by atoms with van der Waals surface area (Å²) in [6.07, 6.45) is 0. The normalized spacial score (nSPS) is 14.8. The van der Waals surface area contributed by atoms with Crippen molar-refractivity contribution in [3.8, 4) is 0 Å². The van der Waals surface area contributed by atoms with Crippen LogP contribution in [0.1, 0.15) is 18.1 Å². The zero-order valence-electron chi connectivity index (χ0n) is 12.1. The first-order valence-electron chi connectivity index (χ1n) is 7.09. The molecule has 22 heavy (non-hydrogen) atoms. The average Bonchev–Trinajstić information content (AvgIpc) is 2.60. The molecule has 0 fully saturated rings. The van der Waals surface area contributed by atoms with Crippen LogP contribution in [0.15, 0.2) is 48.5 Å². The summed E-state index contributed by atoms with van der Waals surface area (Å²) in [7, 11) is 0. The largest absolute Gasteiger partial charge is 0.623 e. The Balaban J connectivity index is 2.30. The molecule has 5 heteroatoms. The lowest BCUT2D eigenvalue weighted by molar-refractivity contribution is -0.443. The molecule has 0 aliphatic carbocycles. The fourth-order valence-electron chi connectivity index (χ4n) is 2.73. The van der Waals surface area contributed by atoms with E-state index in [0.29, 0.717) is 28.5 Å². The first-order chi connectivity index (χ1) is 10.6. The number of hydroxylamine groups is 1. The van der Waals surface area contributed by atoms with Crippen LogP contribution in [0.5, 0.6) is 0 Å². The second kappa shape index (κ2) is 5.81. The van der Waals surface area contributed by atoms with Gasteiger partial charge in [-0.15, -0.1) is 0 Å². The van der Waals surface area contributed by atoms with E-state index < -0.39 is 0 Å². The van der Waals surface area contributed by atoms with Crippen LogP contribution in [-0.4, -0.2) is 29.4 Å². The van der Waals surface area contributed by atoms with Crippen molar-refractivity contribution in [3.05, 3.63) is 69.9 Å². The van der Waals surface area contributed by atoms with Crippen LogP contribution in [0, 0.1) is 5.21 Å². The molecular weight excluding hydrogens is 300 g/mol. The molecule has 0 atom stereocenters. The maximum Gasteiger partial charge on any atom is 0.293 e. The lowest BCUT2D eigenvalue weighted by Gasteiger charge is -2.19. The lowest BCUT2D eigenvalue weighted by Crippen LogP contribution is -2.34. The Bertz CT molecular complexity index is 757. The molecule has 0 saturated heterocycles. The van der Waals surface area contributed by atoms with Gasteiger partial charge in [-0.2, -0.15) is 4.74 Å². The summed E-state index contributed by atoms with van der Waals surface area (Å²) < 4.78 is 0.752. The molecule has 1 aliphatic rings. The molecule has 0 N–H and O–H groups in total. The molecule has 3 rings (SSSR count). The van der Waals surface area contributed by atoms with Crippen molar-refractivity contribution >= 4 is 28.9 Å². The third-order valence-electron chi connectivity index (χ3n) is 3.70. The highest BCUT2D eigenvalue weighted by atomic mass is 35.5. The fourth-order valence-corrected chi connectivity index (χ4v) is 2.90. The number of carbonyl (C=O) groups is 1. The molecule has 0 aromatic heterocycles. The van der Waals surface area contributed by atoms with E-state index >= 15 is 0 Å². The van der Waals surface area contributed by atoms with Crippen molar-refractivity contribution < 1.29 is 9.53 Å². The quantitative estimate of drug-likeness (QED) is 0.632. The van der Waals surface area contributed by atoms with Gasteiger partial charge in [0.15, 0.2) is 0 Å². The Labute approximate surface area is 133 Å². The Morgan fingerprint density at radius 3 is 2.64 bits per heavy atom. The molecule has 0 saturated carbocycles. The first kappa shape index (κ1) is 14.6. The topological polar surface area (TPSA) is 46.4 Å². The van der Waals surface area contributed by atoms with Crippen LogP contribution in [0.4, 0.5) is 5.69 Å². The number of likely N-dealkylation sites (N-methyl/N-ethyl adjacent to an activating group) is 1. The van der Waals surface area contributed by atoms with Gasteiger partial charge in [-0.25, -0.2) is 0 Å². The van der Waals surface area contributed by atoms with Crippen LogP contribution in [-0.2, 0) is 4.79 Å². The summed E-state index contributed by atoms with van der Waals surface area (Å²) in [5, 5.41) is 13.1. The highest BCUT2D eigenvalue weighted by Gasteiger charge is 2.30. The zero-order valence-corrected chi connectivity index (χ0v) is 12.9. The fraction of sp³-hybridized carbons (Fsp3) is 0.176. The molecule has 1 amide bonds. The number of benzene rings is 2. The highest BCUT2D eigenvalue weighted by Crippen LogP contribution is 2.29. The third kappa shape index (κ3) is 2.46. The first-order valence-corrected chi connectivity index (χ1v) is 7.47. The van der Waals surface area contributed by atoms with Gasteiger partial charge in [-0.1, -0.05) is 29.8 Å². The number of rotatable bonds is 2. The number of carbonyl (C=O) groups excluding carboxylic acids is 1. The number of hydrogen-bond donors (Lipinski definition) is 0. The number of amides is 1. The highest BCUT2D eigenvalue weighted by molar-refractivity contribution is 6.31. The molecule has 112 valence electrons. The summed E-state index contributed by atoms with van der Waals surface area (Å²) in [5.41, 5.74) is 2.64. The molecule has 0 bridgehead atoms. The molecule has 1 aliphatic heterocycles. The number of nitrogens with zero attached hydrogens (tertiary/aromatic N) is 2. The minimum atomic E-state index is -0.216. The van der Waals surface area contributed by atoms with E-state index in [1.165, 1.54) is 0 Å². The van der Waals surface area contributed by atoms with Crippen molar-refractivity contribution in [1.82, 2.24) is 0 Å². The smallest absolute Gasteiger partial charge is 0.293 e. The minimum Gasteiger partial charge on any atom is -0.623 e. The second-order valence-corrected chi connectivity index (χ2v) is 5.49. The van der Waals surface area contributed by atoms with E-state index in [1.807, 2.05) is 37.3 Å². The number of hydrogen-bond acceptors (Lipinski definition) is 2. The minimum absolute atomic E-state index is 0.204. The monoisotopic (exact) mass is 314 g/mol.